The first-order valence-electron chi connectivity index (χ1n) is 5.30. The molecule has 0 atom stereocenters. The maximum Gasteiger partial charge on any atom is 0.137 e. The number of hydrogen-bond donors (Lipinski definition) is 0. The molecule has 0 unspecified atom stereocenters. The van der Waals surface area contributed by atoms with Crippen LogP contribution in [0.1, 0.15) is 10.4 Å². The van der Waals surface area contributed by atoms with Crippen LogP contribution >= 0.6 is 43.2 Å². The minimum atomic E-state index is 0.711. The van der Waals surface area contributed by atoms with Crippen LogP contribution in [0, 0.1) is 0 Å². The molecule has 0 bridgehead atoms. The zero-order valence-corrected chi connectivity index (χ0v) is 13.1. The first kappa shape index (κ1) is 13.1. The van der Waals surface area contributed by atoms with Gasteiger partial charge in [-0.1, -0.05) is 34.1 Å². The van der Waals surface area contributed by atoms with Crippen LogP contribution in [0.4, 0.5) is 0 Å². The number of rotatable bonds is 5. The molecule has 0 aliphatic heterocycles. The van der Waals surface area contributed by atoms with Gasteiger partial charge in [0.15, 0.2) is 0 Å². The molecule has 0 saturated heterocycles. The van der Waals surface area contributed by atoms with Gasteiger partial charge in [0.05, 0.1) is 11.1 Å². The molecule has 4 heteroatoms. The minimum Gasteiger partial charge on any atom is -0.492 e. The third-order valence-corrected chi connectivity index (χ3v) is 4.53. The van der Waals surface area contributed by atoms with Gasteiger partial charge in [0, 0.05) is 22.2 Å². The maximum atomic E-state index is 5.86. The molecule has 0 spiro atoms. The van der Waals surface area contributed by atoms with E-state index in [2.05, 4.69) is 55.4 Å². The number of alkyl halides is 1. The predicted molar refractivity (Wildman–Crippen MR) is 80.3 cm³/mol. The molecule has 0 N–H and O–H groups in total. The van der Waals surface area contributed by atoms with E-state index in [9.17, 15) is 0 Å². The molecule has 1 heterocycles. The van der Waals surface area contributed by atoms with Crippen molar-refractivity contribution in [1.82, 2.24) is 0 Å². The van der Waals surface area contributed by atoms with Gasteiger partial charge in [0.1, 0.15) is 5.75 Å². The molecule has 0 saturated carbocycles. The van der Waals surface area contributed by atoms with Crippen LogP contribution in [0.15, 0.2) is 40.2 Å². The van der Waals surface area contributed by atoms with Gasteiger partial charge in [-0.05, 0) is 33.4 Å². The van der Waals surface area contributed by atoms with Gasteiger partial charge in [-0.25, -0.2) is 0 Å². The van der Waals surface area contributed by atoms with E-state index < -0.39 is 0 Å². The number of halogens is 2. The second-order valence-electron chi connectivity index (χ2n) is 3.54. The van der Waals surface area contributed by atoms with Crippen molar-refractivity contribution in [3.8, 4) is 5.75 Å². The average Bonchev–Trinajstić information content (AvgIpc) is 2.84. The predicted octanol–water partition coefficient (Wildman–Crippen LogP) is 5.03. The smallest absolute Gasteiger partial charge is 0.137 e. The first-order chi connectivity index (χ1) is 8.31. The van der Waals surface area contributed by atoms with Gasteiger partial charge >= 0.3 is 0 Å². The highest BCUT2D eigenvalue weighted by Crippen LogP contribution is 2.30. The molecular formula is C13H12Br2OS. The Balaban J connectivity index is 1.98. The molecule has 1 aromatic heterocycles. The minimum absolute atomic E-state index is 0.711. The van der Waals surface area contributed by atoms with E-state index in [1.165, 1.54) is 10.4 Å². The Labute approximate surface area is 122 Å². The lowest BCUT2D eigenvalue weighted by Crippen LogP contribution is -2.02. The normalized spacial score (nSPS) is 10.5. The summed E-state index contributed by atoms with van der Waals surface area (Å²) in [6.07, 6.45) is 0.959. The van der Waals surface area contributed by atoms with Crippen molar-refractivity contribution < 1.29 is 4.74 Å². The fourth-order valence-corrected chi connectivity index (χ4v) is 3.18. The third-order valence-electron chi connectivity index (χ3n) is 2.37. The van der Waals surface area contributed by atoms with E-state index >= 15 is 0 Å². The van der Waals surface area contributed by atoms with Crippen molar-refractivity contribution in [2.24, 2.45) is 0 Å². The quantitative estimate of drug-likeness (QED) is 0.666. The summed E-state index contributed by atoms with van der Waals surface area (Å²) in [5.41, 5.74) is 1.17. The highest BCUT2D eigenvalue weighted by molar-refractivity contribution is 9.10. The molecule has 0 amide bonds. The summed E-state index contributed by atoms with van der Waals surface area (Å²) in [4.78, 5) is 1.36. The lowest BCUT2D eigenvalue weighted by molar-refractivity contribution is 0.318. The molecular weight excluding hydrogens is 364 g/mol. The molecule has 0 fully saturated rings. The Morgan fingerprint density at radius 2 is 2.06 bits per heavy atom. The molecule has 90 valence electrons. The zero-order chi connectivity index (χ0) is 12.1. The van der Waals surface area contributed by atoms with Crippen LogP contribution < -0.4 is 4.74 Å². The standard InChI is InChI=1S/C13H12Br2OS/c14-9-10-3-1-5-12(15)13(10)16-7-6-11-4-2-8-17-11/h1-5,8H,6-7,9H2. The van der Waals surface area contributed by atoms with Crippen LogP contribution in [-0.2, 0) is 11.8 Å². The molecule has 0 aliphatic rings. The number of thiophene rings is 1. The number of benzene rings is 1. The largest absolute Gasteiger partial charge is 0.492 e. The number of para-hydroxylation sites is 1. The summed E-state index contributed by atoms with van der Waals surface area (Å²) >= 11 is 8.77. The first-order valence-corrected chi connectivity index (χ1v) is 8.09. The second kappa shape index (κ2) is 6.57. The molecule has 2 aromatic rings. The Kier molecular flexibility index (Phi) is 5.07. The molecule has 17 heavy (non-hydrogen) atoms. The zero-order valence-electron chi connectivity index (χ0n) is 9.16. The van der Waals surface area contributed by atoms with Crippen molar-refractivity contribution in [2.75, 3.05) is 6.61 Å². The lowest BCUT2D eigenvalue weighted by Gasteiger charge is -2.11. The van der Waals surface area contributed by atoms with Gasteiger partial charge in [0.2, 0.25) is 0 Å². The summed E-state index contributed by atoms with van der Waals surface area (Å²) in [7, 11) is 0. The lowest BCUT2D eigenvalue weighted by atomic mass is 10.2. The van der Waals surface area contributed by atoms with Gasteiger partial charge in [0.25, 0.3) is 0 Å². The Bertz CT molecular complexity index is 468. The van der Waals surface area contributed by atoms with E-state index in [1.807, 2.05) is 12.1 Å². The average molecular weight is 376 g/mol. The maximum absolute atomic E-state index is 5.86. The Hall–Kier alpha value is -0.320. The fourth-order valence-electron chi connectivity index (χ4n) is 1.53. The molecule has 1 aromatic carbocycles. The van der Waals surface area contributed by atoms with E-state index in [1.54, 1.807) is 11.3 Å². The Morgan fingerprint density at radius 3 is 2.76 bits per heavy atom. The second-order valence-corrected chi connectivity index (χ2v) is 5.99. The van der Waals surface area contributed by atoms with Gasteiger partial charge in [-0.3, -0.25) is 0 Å². The van der Waals surface area contributed by atoms with E-state index in [4.69, 9.17) is 4.74 Å². The van der Waals surface area contributed by atoms with Crippen molar-refractivity contribution in [2.45, 2.75) is 11.8 Å². The third kappa shape index (κ3) is 3.57. The van der Waals surface area contributed by atoms with Crippen LogP contribution in [0.5, 0.6) is 5.75 Å². The SMILES string of the molecule is BrCc1cccc(Br)c1OCCc1cccs1. The van der Waals surface area contributed by atoms with Crippen molar-refractivity contribution in [1.29, 1.82) is 0 Å². The van der Waals surface area contributed by atoms with Crippen LogP contribution in [0.2, 0.25) is 0 Å². The number of ether oxygens (including phenoxy) is 1. The number of hydrogen-bond acceptors (Lipinski definition) is 2. The van der Waals surface area contributed by atoms with Crippen LogP contribution in [0.25, 0.3) is 0 Å². The molecule has 2 rings (SSSR count). The highest BCUT2D eigenvalue weighted by Gasteiger charge is 2.07. The van der Waals surface area contributed by atoms with E-state index in [0.29, 0.717) is 6.61 Å². The van der Waals surface area contributed by atoms with Gasteiger partial charge in [-0.2, -0.15) is 0 Å². The van der Waals surface area contributed by atoms with Crippen LogP contribution in [0.3, 0.4) is 0 Å². The highest BCUT2D eigenvalue weighted by atomic mass is 79.9. The monoisotopic (exact) mass is 374 g/mol. The van der Waals surface area contributed by atoms with Crippen molar-refractivity contribution in [3.05, 3.63) is 50.6 Å². The van der Waals surface area contributed by atoms with E-state index in [0.717, 1.165) is 22.0 Å². The van der Waals surface area contributed by atoms with Gasteiger partial charge < -0.3 is 4.74 Å². The Morgan fingerprint density at radius 1 is 1.18 bits per heavy atom. The summed E-state index contributed by atoms with van der Waals surface area (Å²) in [6.45, 7) is 0.711. The summed E-state index contributed by atoms with van der Waals surface area (Å²) in [6, 6.07) is 10.3. The molecule has 1 nitrogen and oxygen atoms in total. The topological polar surface area (TPSA) is 9.23 Å². The van der Waals surface area contributed by atoms with Crippen LogP contribution in [-0.4, -0.2) is 6.61 Å². The molecule has 0 radical (unpaired) electrons. The summed E-state index contributed by atoms with van der Waals surface area (Å²) in [5, 5.41) is 2.90. The summed E-state index contributed by atoms with van der Waals surface area (Å²) in [5.74, 6) is 0.945. The fraction of sp³-hybridized carbons (Fsp3) is 0.231. The summed E-state index contributed by atoms with van der Waals surface area (Å²) < 4.78 is 6.88. The van der Waals surface area contributed by atoms with Crippen molar-refractivity contribution >= 4 is 43.2 Å². The van der Waals surface area contributed by atoms with Crippen molar-refractivity contribution in [3.63, 3.8) is 0 Å². The van der Waals surface area contributed by atoms with Gasteiger partial charge in [-0.15, -0.1) is 11.3 Å². The van der Waals surface area contributed by atoms with E-state index in [-0.39, 0.29) is 0 Å². The molecule has 0 aliphatic carbocycles.